The topological polar surface area (TPSA) is 47.3 Å². The Labute approximate surface area is 135 Å². The summed E-state index contributed by atoms with van der Waals surface area (Å²) in [6.45, 7) is 4.44. The fourth-order valence-electron chi connectivity index (χ4n) is 2.26. The Morgan fingerprint density at radius 3 is 2.61 bits per heavy atom. The zero-order valence-electron chi connectivity index (χ0n) is 13.4. The van der Waals surface area contributed by atoms with Crippen LogP contribution >= 0.6 is 0 Å². The largest absolute Gasteiger partial charge is 0.489 e. The molecule has 23 heavy (non-hydrogen) atoms. The van der Waals surface area contributed by atoms with Gasteiger partial charge in [-0.15, -0.1) is 0 Å². The molecule has 0 aliphatic rings. The predicted molar refractivity (Wildman–Crippen MR) is 89.8 cm³/mol. The van der Waals surface area contributed by atoms with E-state index in [1.54, 1.807) is 0 Å². The van der Waals surface area contributed by atoms with E-state index in [4.69, 9.17) is 10.5 Å². The molecule has 124 valence electrons. The van der Waals surface area contributed by atoms with Crippen molar-refractivity contribution in [1.29, 1.82) is 0 Å². The molecule has 0 heterocycles. The van der Waals surface area contributed by atoms with Crippen LogP contribution in [-0.4, -0.2) is 12.6 Å². The second-order valence-corrected chi connectivity index (χ2v) is 5.69. The first-order chi connectivity index (χ1) is 11.0. The van der Waals surface area contributed by atoms with Crippen LogP contribution in [0.25, 0.3) is 0 Å². The van der Waals surface area contributed by atoms with Crippen LogP contribution in [0.15, 0.2) is 36.4 Å². The number of benzene rings is 2. The number of nitrogens with one attached hydrogen (secondary N) is 1. The van der Waals surface area contributed by atoms with Gasteiger partial charge in [0.15, 0.2) is 0 Å². The van der Waals surface area contributed by atoms with Crippen molar-refractivity contribution in [2.24, 2.45) is 0 Å². The number of aryl methyl sites for hydroxylation is 1. The summed E-state index contributed by atoms with van der Waals surface area (Å²) in [6.07, 6.45) is 1.64. The monoisotopic (exact) mass is 320 g/mol. The summed E-state index contributed by atoms with van der Waals surface area (Å²) in [5.74, 6) is -0.225. The Balaban J connectivity index is 1.84. The van der Waals surface area contributed by atoms with Crippen molar-refractivity contribution in [3.8, 4) is 5.75 Å². The minimum Gasteiger partial charge on any atom is -0.489 e. The van der Waals surface area contributed by atoms with Crippen molar-refractivity contribution < 1.29 is 13.5 Å². The first-order valence-electron chi connectivity index (χ1n) is 7.69. The predicted octanol–water partition coefficient (Wildman–Crippen LogP) is 4.38. The summed E-state index contributed by atoms with van der Waals surface area (Å²) in [6, 6.07) is 9.10. The molecule has 3 N–H and O–H groups in total. The van der Waals surface area contributed by atoms with Crippen molar-refractivity contribution in [1.82, 2.24) is 0 Å². The maximum Gasteiger partial charge on any atom is 0.146 e. The standard InChI is InChI=1S/C18H22F2N2O/c1-12(2)23-18-8-5-13(10-16(18)21)4-3-9-22-17-11-14(19)6-7-15(17)20/h5-8,10-12,22H,3-4,9,21H2,1-2H3. The van der Waals surface area contributed by atoms with Gasteiger partial charge in [-0.25, -0.2) is 8.78 Å². The van der Waals surface area contributed by atoms with E-state index in [0.29, 0.717) is 18.0 Å². The molecule has 3 nitrogen and oxygen atoms in total. The molecule has 0 aliphatic carbocycles. The van der Waals surface area contributed by atoms with Crippen molar-refractivity contribution in [2.75, 3.05) is 17.6 Å². The molecule has 0 spiro atoms. The summed E-state index contributed by atoms with van der Waals surface area (Å²) >= 11 is 0. The van der Waals surface area contributed by atoms with E-state index in [9.17, 15) is 8.78 Å². The average molecular weight is 320 g/mol. The first kappa shape index (κ1) is 17.1. The lowest BCUT2D eigenvalue weighted by Crippen LogP contribution is -2.08. The fraction of sp³-hybridized carbons (Fsp3) is 0.333. The molecule has 0 aromatic heterocycles. The Morgan fingerprint density at radius 2 is 1.91 bits per heavy atom. The van der Waals surface area contributed by atoms with Crippen LogP contribution in [0.4, 0.5) is 20.2 Å². The SMILES string of the molecule is CC(C)Oc1ccc(CCCNc2cc(F)ccc2F)cc1N. The van der Waals surface area contributed by atoms with E-state index < -0.39 is 11.6 Å². The van der Waals surface area contributed by atoms with Crippen LogP contribution in [-0.2, 0) is 6.42 Å². The number of ether oxygens (including phenoxy) is 1. The molecule has 0 saturated carbocycles. The maximum atomic E-state index is 13.5. The minimum atomic E-state index is -0.456. The molecule has 5 heteroatoms. The second kappa shape index (κ2) is 7.81. The van der Waals surface area contributed by atoms with Crippen LogP contribution in [0, 0.1) is 11.6 Å². The van der Waals surface area contributed by atoms with Gasteiger partial charge in [0, 0.05) is 6.54 Å². The smallest absolute Gasteiger partial charge is 0.146 e. The first-order valence-corrected chi connectivity index (χ1v) is 7.69. The lowest BCUT2D eigenvalue weighted by Gasteiger charge is -2.13. The molecular weight excluding hydrogens is 298 g/mol. The van der Waals surface area contributed by atoms with E-state index in [1.807, 2.05) is 32.0 Å². The molecule has 2 aromatic carbocycles. The number of anilines is 2. The van der Waals surface area contributed by atoms with Crippen LogP contribution in [0.3, 0.4) is 0 Å². The molecule has 0 aliphatic heterocycles. The Kier molecular flexibility index (Phi) is 5.79. The van der Waals surface area contributed by atoms with Gasteiger partial charge in [0.1, 0.15) is 17.4 Å². The number of nitrogen functional groups attached to an aromatic ring is 1. The third-order valence-corrected chi connectivity index (χ3v) is 3.32. The highest BCUT2D eigenvalue weighted by molar-refractivity contribution is 5.54. The summed E-state index contributed by atoms with van der Waals surface area (Å²) in [5, 5.41) is 2.91. The van der Waals surface area contributed by atoms with Gasteiger partial charge in [0.2, 0.25) is 0 Å². The number of hydrogen-bond acceptors (Lipinski definition) is 3. The van der Waals surface area contributed by atoms with Crippen LogP contribution in [0.1, 0.15) is 25.8 Å². The molecule has 0 amide bonds. The van der Waals surface area contributed by atoms with Gasteiger partial charge in [-0.05, 0) is 62.6 Å². The highest BCUT2D eigenvalue weighted by atomic mass is 19.1. The van der Waals surface area contributed by atoms with E-state index in [2.05, 4.69) is 5.32 Å². The molecule has 0 atom stereocenters. The van der Waals surface area contributed by atoms with Gasteiger partial charge in [-0.3, -0.25) is 0 Å². The molecule has 0 bridgehead atoms. The lowest BCUT2D eigenvalue weighted by molar-refractivity contribution is 0.244. The Bertz CT molecular complexity index is 659. The van der Waals surface area contributed by atoms with Gasteiger partial charge < -0.3 is 15.8 Å². The van der Waals surface area contributed by atoms with Gasteiger partial charge in [0.25, 0.3) is 0 Å². The molecular formula is C18H22F2N2O. The van der Waals surface area contributed by atoms with Gasteiger partial charge in [-0.1, -0.05) is 6.07 Å². The zero-order chi connectivity index (χ0) is 16.8. The van der Waals surface area contributed by atoms with Crippen molar-refractivity contribution in [3.63, 3.8) is 0 Å². The van der Waals surface area contributed by atoms with Gasteiger partial charge in [-0.2, -0.15) is 0 Å². The van der Waals surface area contributed by atoms with Crippen LogP contribution in [0.5, 0.6) is 5.75 Å². The van der Waals surface area contributed by atoms with Crippen LogP contribution in [0.2, 0.25) is 0 Å². The molecule has 0 fully saturated rings. The molecule has 0 radical (unpaired) electrons. The molecule has 2 aromatic rings. The van der Waals surface area contributed by atoms with Gasteiger partial charge >= 0.3 is 0 Å². The molecule has 0 unspecified atom stereocenters. The number of hydrogen-bond donors (Lipinski definition) is 2. The number of halogens is 2. The fourth-order valence-corrected chi connectivity index (χ4v) is 2.26. The highest BCUT2D eigenvalue weighted by Crippen LogP contribution is 2.24. The zero-order valence-corrected chi connectivity index (χ0v) is 13.4. The number of nitrogens with two attached hydrogens (primary N) is 1. The van der Waals surface area contributed by atoms with E-state index in [-0.39, 0.29) is 11.8 Å². The summed E-state index contributed by atoms with van der Waals surface area (Å²) in [7, 11) is 0. The van der Waals surface area contributed by atoms with E-state index in [1.165, 1.54) is 0 Å². The van der Waals surface area contributed by atoms with Gasteiger partial charge in [0.05, 0.1) is 17.5 Å². The average Bonchev–Trinajstić information content (AvgIpc) is 2.49. The third-order valence-electron chi connectivity index (χ3n) is 3.32. The maximum absolute atomic E-state index is 13.5. The highest BCUT2D eigenvalue weighted by Gasteiger charge is 2.05. The normalized spacial score (nSPS) is 10.8. The van der Waals surface area contributed by atoms with Crippen molar-refractivity contribution in [3.05, 3.63) is 53.6 Å². The van der Waals surface area contributed by atoms with E-state index in [0.717, 1.165) is 36.6 Å². The Hall–Kier alpha value is -2.30. The quantitative estimate of drug-likeness (QED) is 0.588. The number of rotatable bonds is 7. The summed E-state index contributed by atoms with van der Waals surface area (Å²) in [4.78, 5) is 0. The summed E-state index contributed by atoms with van der Waals surface area (Å²) < 4.78 is 32.1. The molecule has 0 saturated heterocycles. The van der Waals surface area contributed by atoms with Crippen LogP contribution < -0.4 is 15.8 Å². The lowest BCUT2D eigenvalue weighted by atomic mass is 10.1. The Morgan fingerprint density at radius 1 is 1.13 bits per heavy atom. The van der Waals surface area contributed by atoms with E-state index >= 15 is 0 Å². The van der Waals surface area contributed by atoms with Crippen molar-refractivity contribution >= 4 is 11.4 Å². The van der Waals surface area contributed by atoms with Crippen molar-refractivity contribution in [2.45, 2.75) is 32.8 Å². The summed E-state index contributed by atoms with van der Waals surface area (Å²) in [5.41, 5.74) is 7.85. The minimum absolute atomic E-state index is 0.0773. The molecule has 2 rings (SSSR count). The second-order valence-electron chi connectivity index (χ2n) is 5.69. The third kappa shape index (κ3) is 5.13.